The minimum Gasteiger partial charge on any atom is -0.465 e. The highest BCUT2D eigenvalue weighted by molar-refractivity contribution is 14.1. The molecule has 0 atom stereocenters. The van der Waals surface area contributed by atoms with Crippen molar-refractivity contribution in [3.8, 4) is 0 Å². The van der Waals surface area contributed by atoms with Gasteiger partial charge in [-0.05, 0) is 40.8 Å². The van der Waals surface area contributed by atoms with E-state index in [1.165, 1.54) is 0 Å². The van der Waals surface area contributed by atoms with Gasteiger partial charge in [-0.25, -0.2) is 9.78 Å². The van der Waals surface area contributed by atoms with Crippen LogP contribution < -0.4 is 15.8 Å². The van der Waals surface area contributed by atoms with Crippen LogP contribution in [0.3, 0.4) is 0 Å². The van der Waals surface area contributed by atoms with Gasteiger partial charge in [-0.3, -0.25) is 9.36 Å². The van der Waals surface area contributed by atoms with Crippen molar-refractivity contribution in [2.45, 2.75) is 19.8 Å². The molecule has 1 aliphatic heterocycles. The first kappa shape index (κ1) is 16.1. The zero-order valence-electron chi connectivity index (χ0n) is 12.1. The average molecular weight is 406 g/mol. The number of halogens is 1. The van der Waals surface area contributed by atoms with Gasteiger partial charge in [0.15, 0.2) is 0 Å². The first-order chi connectivity index (χ1) is 9.82. The number of nitrogens with one attached hydrogen (secondary N) is 1. The van der Waals surface area contributed by atoms with E-state index in [1.54, 1.807) is 17.8 Å². The van der Waals surface area contributed by atoms with E-state index in [-0.39, 0.29) is 11.0 Å². The number of anilines is 1. The van der Waals surface area contributed by atoms with Crippen LogP contribution >= 0.6 is 22.6 Å². The molecule has 1 saturated heterocycles. The van der Waals surface area contributed by atoms with Crippen molar-refractivity contribution in [2.24, 2.45) is 12.5 Å². The summed E-state index contributed by atoms with van der Waals surface area (Å²) < 4.78 is 2.17. The number of hydrogen-bond acceptors (Lipinski definition) is 4. The van der Waals surface area contributed by atoms with E-state index >= 15 is 0 Å². The lowest BCUT2D eigenvalue weighted by molar-refractivity contribution is 0.178. The molecule has 2 N–H and O–H groups in total. The summed E-state index contributed by atoms with van der Waals surface area (Å²) in [5.74, 6) is 0.675. The fraction of sp³-hybridized carbons (Fsp3) is 0.615. The lowest BCUT2D eigenvalue weighted by Crippen LogP contribution is -2.46. The summed E-state index contributed by atoms with van der Waals surface area (Å²) in [4.78, 5) is 29.0. The van der Waals surface area contributed by atoms with E-state index in [0.29, 0.717) is 16.1 Å². The van der Waals surface area contributed by atoms with Crippen LogP contribution in [-0.2, 0) is 7.05 Å². The van der Waals surface area contributed by atoms with Crippen molar-refractivity contribution in [2.75, 3.05) is 24.5 Å². The Kier molecular flexibility index (Phi) is 4.74. The van der Waals surface area contributed by atoms with Crippen molar-refractivity contribution in [3.63, 3.8) is 0 Å². The van der Waals surface area contributed by atoms with Crippen LogP contribution in [0.15, 0.2) is 11.0 Å². The number of carboxylic acid groups (broad SMARTS) is 1. The summed E-state index contributed by atoms with van der Waals surface area (Å²) >= 11 is 1.98. The van der Waals surface area contributed by atoms with Crippen molar-refractivity contribution < 1.29 is 9.90 Å². The molecule has 2 heterocycles. The van der Waals surface area contributed by atoms with Gasteiger partial charge < -0.3 is 15.3 Å². The third-order valence-corrected chi connectivity index (χ3v) is 4.76. The largest absolute Gasteiger partial charge is 0.465 e. The molecule has 0 aromatic carbocycles. The molecule has 2 rings (SSSR count). The maximum atomic E-state index is 12.0. The fourth-order valence-electron chi connectivity index (χ4n) is 2.51. The molecule has 8 heteroatoms. The zero-order valence-corrected chi connectivity index (χ0v) is 14.3. The Bertz CT molecular complexity index is 594. The molecule has 0 spiro atoms. The highest BCUT2D eigenvalue weighted by Gasteiger charge is 2.31. The van der Waals surface area contributed by atoms with E-state index in [2.05, 4.69) is 22.1 Å². The Hall–Kier alpha value is -1.32. The van der Waals surface area contributed by atoms with Crippen molar-refractivity contribution in [1.82, 2.24) is 14.9 Å². The topological polar surface area (TPSA) is 87.5 Å². The van der Waals surface area contributed by atoms with Crippen LogP contribution in [0.4, 0.5) is 10.7 Å². The normalized spacial score (nSPS) is 17.6. The summed E-state index contributed by atoms with van der Waals surface area (Å²) in [6, 6.07) is 0. The van der Waals surface area contributed by atoms with E-state index in [4.69, 9.17) is 5.11 Å². The van der Waals surface area contributed by atoms with Crippen LogP contribution in [0.25, 0.3) is 0 Å². The number of amides is 1. The summed E-state index contributed by atoms with van der Waals surface area (Å²) in [7, 11) is 1.73. The van der Waals surface area contributed by atoms with E-state index in [0.717, 1.165) is 25.9 Å². The van der Waals surface area contributed by atoms with Gasteiger partial charge in [0.25, 0.3) is 5.56 Å². The third-order valence-electron chi connectivity index (χ3n) is 4.02. The average Bonchev–Trinajstić information content (AvgIpc) is 2.45. The Morgan fingerprint density at radius 1 is 1.52 bits per heavy atom. The molecule has 1 fully saturated rings. The molecular formula is C13H19IN4O3. The highest BCUT2D eigenvalue weighted by atomic mass is 127. The number of piperidine rings is 1. The van der Waals surface area contributed by atoms with Crippen LogP contribution in [0.2, 0.25) is 0 Å². The van der Waals surface area contributed by atoms with E-state index in [1.807, 2.05) is 22.6 Å². The van der Waals surface area contributed by atoms with Gasteiger partial charge >= 0.3 is 6.09 Å². The van der Waals surface area contributed by atoms with Gasteiger partial charge in [0.1, 0.15) is 0 Å². The molecule has 116 valence electrons. The van der Waals surface area contributed by atoms with Crippen molar-refractivity contribution >= 4 is 34.6 Å². The molecule has 0 radical (unpaired) electrons. The maximum absolute atomic E-state index is 12.0. The van der Waals surface area contributed by atoms with Gasteiger partial charge in [0.2, 0.25) is 5.95 Å². The third kappa shape index (κ3) is 3.66. The molecule has 1 amide bonds. The number of rotatable bonds is 3. The monoisotopic (exact) mass is 406 g/mol. The standard InChI is InChI=1S/C13H19IN4O3/c1-13(8-16-12(20)21)3-5-18(6-4-13)11-15-7-9(14)10(19)17(11)2/h7,16H,3-6,8H2,1-2H3,(H,20,21). The van der Waals surface area contributed by atoms with Gasteiger partial charge in [0.05, 0.1) is 3.57 Å². The molecule has 1 aromatic rings. The lowest BCUT2D eigenvalue weighted by atomic mass is 9.80. The van der Waals surface area contributed by atoms with Crippen LogP contribution in [-0.4, -0.2) is 40.4 Å². The molecule has 1 aromatic heterocycles. The molecule has 21 heavy (non-hydrogen) atoms. The quantitative estimate of drug-likeness (QED) is 0.739. The predicted molar refractivity (Wildman–Crippen MR) is 87.8 cm³/mol. The fourth-order valence-corrected chi connectivity index (χ4v) is 3.01. The lowest BCUT2D eigenvalue weighted by Gasteiger charge is -2.40. The second-order valence-electron chi connectivity index (χ2n) is 5.73. The van der Waals surface area contributed by atoms with Gasteiger partial charge in [-0.15, -0.1) is 0 Å². The molecule has 0 unspecified atom stereocenters. The van der Waals surface area contributed by atoms with Crippen LogP contribution in [0, 0.1) is 8.99 Å². The Morgan fingerprint density at radius 3 is 2.71 bits per heavy atom. The first-order valence-electron chi connectivity index (χ1n) is 6.76. The molecular weight excluding hydrogens is 387 g/mol. The summed E-state index contributed by atoms with van der Waals surface area (Å²) in [5, 5.41) is 11.2. The van der Waals surface area contributed by atoms with E-state index < -0.39 is 6.09 Å². The molecule has 0 bridgehead atoms. The van der Waals surface area contributed by atoms with Crippen molar-refractivity contribution in [3.05, 3.63) is 20.1 Å². The smallest absolute Gasteiger partial charge is 0.404 e. The van der Waals surface area contributed by atoms with E-state index in [9.17, 15) is 9.59 Å². The minimum atomic E-state index is -0.986. The number of hydrogen-bond donors (Lipinski definition) is 2. The Morgan fingerprint density at radius 2 is 2.14 bits per heavy atom. The van der Waals surface area contributed by atoms with Gasteiger partial charge in [0, 0.05) is 32.9 Å². The Labute approximate surface area is 136 Å². The SMILES string of the molecule is Cn1c(N2CCC(C)(CNC(=O)O)CC2)ncc(I)c1=O. The number of nitrogens with zero attached hydrogens (tertiary/aromatic N) is 3. The van der Waals surface area contributed by atoms with Gasteiger partial charge in [-0.1, -0.05) is 6.92 Å². The molecule has 0 aliphatic carbocycles. The molecule has 7 nitrogen and oxygen atoms in total. The molecule has 0 saturated carbocycles. The van der Waals surface area contributed by atoms with Crippen LogP contribution in [0.1, 0.15) is 19.8 Å². The predicted octanol–water partition coefficient (Wildman–Crippen LogP) is 1.26. The molecule has 1 aliphatic rings. The second kappa shape index (κ2) is 6.20. The zero-order chi connectivity index (χ0) is 15.6. The Balaban J connectivity index is 2.06. The summed E-state index contributed by atoms with van der Waals surface area (Å²) in [6.45, 7) is 4.06. The highest BCUT2D eigenvalue weighted by Crippen LogP contribution is 2.31. The summed E-state index contributed by atoms with van der Waals surface area (Å²) in [6.07, 6.45) is 2.32. The number of carbonyl (C=O) groups is 1. The summed E-state index contributed by atoms with van der Waals surface area (Å²) in [5.41, 5.74) is -0.0850. The van der Waals surface area contributed by atoms with Crippen LogP contribution in [0.5, 0.6) is 0 Å². The maximum Gasteiger partial charge on any atom is 0.404 e. The second-order valence-corrected chi connectivity index (χ2v) is 6.89. The van der Waals surface area contributed by atoms with Crippen molar-refractivity contribution in [1.29, 1.82) is 0 Å². The first-order valence-corrected chi connectivity index (χ1v) is 7.83. The van der Waals surface area contributed by atoms with Gasteiger partial charge in [-0.2, -0.15) is 0 Å². The number of aromatic nitrogens is 2. The minimum absolute atomic E-state index is 0.0403.